The number of hydrogen-bond acceptors (Lipinski definition) is 3. The van der Waals surface area contributed by atoms with Crippen molar-refractivity contribution in [2.24, 2.45) is 0 Å². The van der Waals surface area contributed by atoms with Crippen LogP contribution in [0.3, 0.4) is 0 Å². The first-order chi connectivity index (χ1) is 12.9. The number of aromatic nitrogens is 1. The van der Waals surface area contributed by atoms with Crippen LogP contribution in [0.5, 0.6) is 0 Å². The second kappa shape index (κ2) is 8.16. The Morgan fingerprint density at radius 3 is 2.37 bits per heavy atom. The summed E-state index contributed by atoms with van der Waals surface area (Å²) in [5.74, 6) is -1.45. The first-order valence-corrected chi connectivity index (χ1v) is 8.47. The Bertz CT molecular complexity index is 1010. The maximum absolute atomic E-state index is 13.3. The van der Waals surface area contributed by atoms with Gasteiger partial charge in [0.2, 0.25) is 0 Å². The number of halogens is 3. The largest absolute Gasteiger partial charge is 0.322 e. The Morgan fingerprint density at radius 1 is 0.889 bits per heavy atom. The molecule has 0 fully saturated rings. The minimum absolute atomic E-state index is 0.146. The predicted molar refractivity (Wildman–Crippen MR) is 103 cm³/mol. The maximum atomic E-state index is 13.3. The van der Waals surface area contributed by atoms with Crippen molar-refractivity contribution in [2.75, 3.05) is 10.6 Å². The number of carbonyl (C=O) groups is 2. The van der Waals surface area contributed by atoms with Crippen LogP contribution in [-0.4, -0.2) is 16.8 Å². The number of anilines is 2. The molecule has 0 spiro atoms. The lowest BCUT2D eigenvalue weighted by Crippen LogP contribution is -2.14. The van der Waals surface area contributed by atoms with E-state index in [9.17, 15) is 14.0 Å². The fraction of sp³-hybridized carbons (Fsp3) is 0. The summed E-state index contributed by atoms with van der Waals surface area (Å²) < 4.78 is 13.3. The molecule has 0 aliphatic rings. The van der Waals surface area contributed by atoms with E-state index in [4.69, 9.17) is 23.2 Å². The molecule has 2 aromatic carbocycles. The number of amides is 2. The van der Waals surface area contributed by atoms with Crippen molar-refractivity contribution >= 4 is 46.4 Å². The van der Waals surface area contributed by atoms with Crippen LogP contribution in [0, 0.1) is 5.82 Å². The summed E-state index contributed by atoms with van der Waals surface area (Å²) in [6, 6.07) is 12.9. The van der Waals surface area contributed by atoms with Crippen molar-refractivity contribution in [3.8, 4) is 0 Å². The number of nitrogens with zero attached hydrogens (tertiary/aromatic N) is 1. The average Bonchev–Trinajstić information content (AvgIpc) is 2.65. The standard InChI is InChI=1S/C19H12Cl2FN3O2/c20-15-6-5-14(24-19(27)12-4-7-17(21)23-10-12)9-16(15)25-18(26)11-2-1-3-13(22)8-11/h1-10H,(H,24,27)(H,25,26). The zero-order valence-corrected chi connectivity index (χ0v) is 15.2. The summed E-state index contributed by atoms with van der Waals surface area (Å²) in [7, 11) is 0. The van der Waals surface area contributed by atoms with E-state index in [1.807, 2.05) is 0 Å². The SMILES string of the molecule is O=C(Nc1ccc(Cl)c(NC(=O)c2cccc(F)c2)c1)c1ccc(Cl)nc1. The van der Waals surface area contributed by atoms with Gasteiger partial charge in [0.1, 0.15) is 11.0 Å². The highest BCUT2D eigenvalue weighted by Gasteiger charge is 2.12. The zero-order valence-electron chi connectivity index (χ0n) is 13.7. The molecule has 3 aromatic rings. The molecule has 0 bridgehead atoms. The van der Waals surface area contributed by atoms with Gasteiger partial charge in [-0.15, -0.1) is 0 Å². The number of carbonyl (C=O) groups excluding carboxylic acids is 2. The highest BCUT2D eigenvalue weighted by Crippen LogP contribution is 2.26. The molecule has 2 N–H and O–H groups in total. The van der Waals surface area contributed by atoms with Crippen LogP contribution in [0.25, 0.3) is 0 Å². The van der Waals surface area contributed by atoms with Crippen LogP contribution in [0.2, 0.25) is 10.2 Å². The molecule has 0 saturated carbocycles. The Morgan fingerprint density at radius 2 is 1.67 bits per heavy atom. The molecule has 5 nitrogen and oxygen atoms in total. The molecule has 136 valence electrons. The fourth-order valence-corrected chi connectivity index (χ4v) is 2.51. The molecule has 0 aliphatic carbocycles. The maximum Gasteiger partial charge on any atom is 0.257 e. The lowest BCUT2D eigenvalue weighted by Gasteiger charge is -2.11. The lowest BCUT2D eigenvalue weighted by atomic mass is 10.2. The van der Waals surface area contributed by atoms with E-state index in [2.05, 4.69) is 15.6 Å². The van der Waals surface area contributed by atoms with Crippen molar-refractivity contribution in [2.45, 2.75) is 0 Å². The van der Waals surface area contributed by atoms with Gasteiger partial charge in [0.05, 0.1) is 16.3 Å². The summed E-state index contributed by atoms with van der Waals surface area (Å²) in [5.41, 5.74) is 1.15. The summed E-state index contributed by atoms with van der Waals surface area (Å²) >= 11 is 11.8. The van der Waals surface area contributed by atoms with E-state index in [0.717, 1.165) is 6.07 Å². The third-order valence-electron chi connectivity index (χ3n) is 3.55. The van der Waals surface area contributed by atoms with Gasteiger partial charge in [-0.05, 0) is 48.5 Å². The Balaban J connectivity index is 1.76. The highest BCUT2D eigenvalue weighted by molar-refractivity contribution is 6.34. The number of pyridine rings is 1. The second-order valence-electron chi connectivity index (χ2n) is 5.48. The van der Waals surface area contributed by atoms with Crippen LogP contribution in [-0.2, 0) is 0 Å². The first kappa shape index (κ1) is 18.8. The van der Waals surface area contributed by atoms with Gasteiger partial charge in [0.25, 0.3) is 11.8 Å². The summed E-state index contributed by atoms with van der Waals surface area (Å²) in [4.78, 5) is 28.4. The van der Waals surface area contributed by atoms with Crippen LogP contribution in [0.4, 0.5) is 15.8 Å². The summed E-state index contributed by atoms with van der Waals surface area (Å²) in [5, 5.41) is 5.82. The Hall–Kier alpha value is -2.96. The number of hydrogen-bond donors (Lipinski definition) is 2. The van der Waals surface area contributed by atoms with Crippen molar-refractivity contribution in [1.82, 2.24) is 4.98 Å². The monoisotopic (exact) mass is 403 g/mol. The van der Waals surface area contributed by atoms with E-state index >= 15 is 0 Å². The van der Waals surface area contributed by atoms with E-state index < -0.39 is 17.6 Å². The third kappa shape index (κ3) is 4.81. The molecule has 1 heterocycles. The zero-order chi connectivity index (χ0) is 19.4. The highest BCUT2D eigenvalue weighted by atomic mass is 35.5. The van der Waals surface area contributed by atoms with Gasteiger partial charge in [-0.2, -0.15) is 0 Å². The van der Waals surface area contributed by atoms with Crippen LogP contribution in [0.15, 0.2) is 60.8 Å². The smallest absolute Gasteiger partial charge is 0.257 e. The van der Waals surface area contributed by atoms with E-state index in [1.54, 1.807) is 6.07 Å². The molecule has 8 heteroatoms. The molecule has 2 amide bonds. The van der Waals surface area contributed by atoms with Gasteiger partial charge in [-0.3, -0.25) is 9.59 Å². The van der Waals surface area contributed by atoms with Gasteiger partial charge in [0, 0.05) is 17.4 Å². The van der Waals surface area contributed by atoms with Crippen LogP contribution >= 0.6 is 23.2 Å². The number of rotatable bonds is 4. The molecular formula is C19H12Cl2FN3O2. The molecule has 27 heavy (non-hydrogen) atoms. The summed E-state index contributed by atoms with van der Waals surface area (Å²) in [6.07, 6.45) is 1.35. The third-order valence-corrected chi connectivity index (χ3v) is 4.10. The summed E-state index contributed by atoms with van der Waals surface area (Å²) in [6.45, 7) is 0. The van der Waals surface area contributed by atoms with E-state index in [1.165, 1.54) is 48.7 Å². The van der Waals surface area contributed by atoms with Crippen molar-refractivity contribution < 1.29 is 14.0 Å². The van der Waals surface area contributed by atoms with Crippen molar-refractivity contribution in [3.05, 3.63) is 87.9 Å². The predicted octanol–water partition coefficient (Wildman–Crippen LogP) is 5.03. The van der Waals surface area contributed by atoms with E-state index in [-0.39, 0.29) is 21.4 Å². The van der Waals surface area contributed by atoms with Gasteiger partial charge in [-0.25, -0.2) is 9.37 Å². The Kier molecular flexibility index (Phi) is 5.69. The molecule has 0 atom stereocenters. The molecule has 1 aromatic heterocycles. The topological polar surface area (TPSA) is 71.1 Å². The molecule has 3 rings (SSSR count). The van der Waals surface area contributed by atoms with Gasteiger partial charge in [-0.1, -0.05) is 29.3 Å². The van der Waals surface area contributed by atoms with Crippen molar-refractivity contribution in [1.29, 1.82) is 0 Å². The molecular weight excluding hydrogens is 392 g/mol. The minimum atomic E-state index is -0.526. The van der Waals surface area contributed by atoms with Crippen LogP contribution in [0.1, 0.15) is 20.7 Å². The van der Waals surface area contributed by atoms with Crippen molar-refractivity contribution in [3.63, 3.8) is 0 Å². The molecule has 0 aliphatic heterocycles. The van der Waals surface area contributed by atoms with Gasteiger partial charge >= 0.3 is 0 Å². The average molecular weight is 404 g/mol. The lowest BCUT2D eigenvalue weighted by molar-refractivity contribution is 0.101. The quantitative estimate of drug-likeness (QED) is 0.599. The number of benzene rings is 2. The van der Waals surface area contributed by atoms with Crippen LogP contribution < -0.4 is 10.6 Å². The van der Waals surface area contributed by atoms with E-state index in [0.29, 0.717) is 11.3 Å². The molecule has 0 saturated heterocycles. The van der Waals surface area contributed by atoms with Gasteiger partial charge < -0.3 is 10.6 Å². The number of nitrogens with one attached hydrogen (secondary N) is 2. The fourth-order valence-electron chi connectivity index (χ4n) is 2.24. The molecule has 0 unspecified atom stereocenters. The Labute approximate surface area is 164 Å². The molecule has 0 radical (unpaired) electrons. The second-order valence-corrected chi connectivity index (χ2v) is 6.28. The minimum Gasteiger partial charge on any atom is -0.322 e. The normalized spacial score (nSPS) is 10.3. The first-order valence-electron chi connectivity index (χ1n) is 7.72. The van der Waals surface area contributed by atoms with Gasteiger partial charge in [0.15, 0.2) is 0 Å².